The van der Waals surface area contributed by atoms with Gasteiger partial charge >= 0.3 is 5.97 Å². The first kappa shape index (κ1) is 15.0. The molecule has 0 aliphatic carbocycles. The maximum Gasteiger partial charge on any atom is 0.317 e. The number of benzene rings is 1. The Morgan fingerprint density at radius 2 is 1.55 bits per heavy atom. The molecule has 110 valence electrons. The molecular weight excluding hydrogens is 252 g/mol. The molecule has 1 aliphatic heterocycles. The van der Waals surface area contributed by atoms with Crippen LogP contribution >= 0.6 is 0 Å². The van der Waals surface area contributed by atoms with E-state index >= 15 is 0 Å². The fourth-order valence-electron chi connectivity index (χ4n) is 2.98. The van der Waals surface area contributed by atoms with Crippen LogP contribution in [-0.2, 0) is 11.3 Å². The molecule has 0 atom stereocenters. The number of aliphatic carboxylic acids is 1. The number of hydrogen-bond donors (Lipinski definition) is 1. The normalized spacial score (nSPS) is 17.4. The molecular formula is C16H24N2O2. The summed E-state index contributed by atoms with van der Waals surface area (Å²) in [6.07, 6.45) is 0. The summed E-state index contributed by atoms with van der Waals surface area (Å²) < 4.78 is 0. The van der Waals surface area contributed by atoms with Gasteiger partial charge in [0, 0.05) is 32.7 Å². The van der Waals surface area contributed by atoms with Crippen LogP contribution in [0.1, 0.15) is 22.3 Å². The van der Waals surface area contributed by atoms with Crippen molar-refractivity contribution >= 4 is 5.97 Å². The number of hydrogen-bond acceptors (Lipinski definition) is 3. The third-order valence-corrected chi connectivity index (χ3v) is 4.05. The Morgan fingerprint density at radius 3 is 2.05 bits per heavy atom. The van der Waals surface area contributed by atoms with Crippen LogP contribution in [0.2, 0.25) is 0 Å². The summed E-state index contributed by atoms with van der Waals surface area (Å²) in [7, 11) is 0. The highest BCUT2D eigenvalue weighted by molar-refractivity contribution is 5.69. The molecule has 4 heteroatoms. The molecule has 1 heterocycles. The molecule has 0 spiro atoms. The fraction of sp³-hybridized carbons (Fsp3) is 0.562. The Morgan fingerprint density at radius 1 is 1.05 bits per heavy atom. The van der Waals surface area contributed by atoms with Crippen molar-refractivity contribution in [1.29, 1.82) is 0 Å². The standard InChI is InChI=1S/C16H24N2O2/c1-12-8-13(2)15(14(3)9-12)10-17-4-6-18(7-5-17)11-16(19)20/h8-9H,4-7,10-11H2,1-3H3,(H,19,20). The molecule has 1 fully saturated rings. The van der Waals surface area contributed by atoms with Crippen LogP contribution in [0.25, 0.3) is 0 Å². The van der Waals surface area contributed by atoms with Gasteiger partial charge in [0.25, 0.3) is 0 Å². The van der Waals surface area contributed by atoms with E-state index in [4.69, 9.17) is 5.11 Å². The lowest BCUT2D eigenvalue weighted by molar-refractivity contribution is -0.138. The fourth-order valence-corrected chi connectivity index (χ4v) is 2.98. The maximum absolute atomic E-state index is 10.7. The Balaban J connectivity index is 1.94. The highest BCUT2D eigenvalue weighted by Crippen LogP contribution is 2.19. The van der Waals surface area contributed by atoms with Gasteiger partial charge in [-0.1, -0.05) is 17.7 Å². The highest BCUT2D eigenvalue weighted by Gasteiger charge is 2.19. The highest BCUT2D eigenvalue weighted by atomic mass is 16.4. The third-order valence-electron chi connectivity index (χ3n) is 4.05. The molecule has 2 rings (SSSR count). The first-order valence-electron chi connectivity index (χ1n) is 7.19. The molecule has 1 aromatic rings. The van der Waals surface area contributed by atoms with E-state index in [2.05, 4.69) is 37.8 Å². The summed E-state index contributed by atoms with van der Waals surface area (Å²) in [5.41, 5.74) is 5.45. The Bertz CT molecular complexity index is 468. The van der Waals surface area contributed by atoms with Gasteiger partial charge in [0.2, 0.25) is 0 Å². The predicted octanol–water partition coefficient (Wildman–Crippen LogP) is 1.81. The molecule has 0 aromatic heterocycles. The van der Waals surface area contributed by atoms with E-state index in [-0.39, 0.29) is 6.54 Å². The molecule has 0 bridgehead atoms. The maximum atomic E-state index is 10.7. The molecule has 1 saturated heterocycles. The van der Waals surface area contributed by atoms with Crippen molar-refractivity contribution in [2.45, 2.75) is 27.3 Å². The van der Waals surface area contributed by atoms with Gasteiger partial charge in [-0.15, -0.1) is 0 Å². The predicted molar refractivity (Wildman–Crippen MR) is 80.0 cm³/mol. The second kappa shape index (κ2) is 6.37. The number of carbonyl (C=O) groups is 1. The van der Waals surface area contributed by atoms with Crippen molar-refractivity contribution in [3.05, 3.63) is 34.4 Å². The Hall–Kier alpha value is -1.39. The third kappa shape index (κ3) is 3.81. The number of nitrogens with zero attached hydrogens (tertiary/aromatic N) is 2. The molecule has 0 amide bonds. The van der Waals surface area contributed by atoms with E-state index < -0.39 is 5.97 Å². The summed E-state index contributed by atoms with van der Waals surface area (Å²) >= 11 is 0. The van der Waals surface area contributed by atoms with E-state index in [1.165, 1.54) is 22.3 Å². The first-order chi connectivity index (χ1) is 9.45. The van der Waals surface area contributed by atoms with Gasteiger partial charge in [-0.25, -0.2) is 0 Å². The molecule has 4 nitrogen and oxygen atoms in total. The largest absolute Gasteiger partial charge is 0.480 e. The van der Waals surface area contributed by atoms with Crippen LogP contribution in [0.4, 0.5) is 0 Å². The second-order valence-corrected chi connectivity index (χ2v) is 5.82. The quantitative estimate of drug-likeness (QED) is 0.911. The van der Waals surface area contributed by atoms with Gasteiger partial charge in [-0.05, 0) is 37.5 Å². The van der Waals surface area contributed by atoms with Crippen LogP contribution < -0.4 is 0 Å². The van der Waals surface area contributed by atoms with Crippen LogP contribution in [0.15, 0.2) is 12.1 Å². The summed E-state index contributed by atoms with van der Waals surface area (Å²) in [5.74, 6) is -0.733. The number of carboxylic acids is 1. The van der Waals surface area contributed by atoms with Crippen molar-refractivity contribution in [3.8, 4) is 0 Å². The van der Waals surface area contributed by atoms with Gasteiger partial charge in [0.05, 0.1) is 6.54 Å². The minimum atomic E-state index is -0.733. The van der Waals surface area contributed by atoms with Crippen molar-refractivity contribution < 1.29 is 9.90 Å². The van der Waals surface area contributed by atoms with Gasteiger partial charge in [-0.2, -0.15) is 0 Å². The van der Waals surface area contributed by atoms with Crippen molar-refractivity contribution in [3.63, 3.8) is 0 Å². The summed E-state index contributed by atoms with van der Waals surface area (Å²) in [6, 6.07) is 4.48. The lowest BCUT2D eigenvalue weighted by atomic mass is 9.99. The lowest BCUT2D eigenvalue weighted by Crippen LogP contribution is -2.47. The molecule has 1 aromatic carbocycles. The van der Waals surface area contributed by atoms with Gasteiger partial charge < -0.3 is 5.11 Å². The van der Waals surface area contributed by atoms with Crippen LogP contribution in [0.3, 0.4) is 0 Å². The second-order valence-electron chi connectivity index (χ2n) is 5.82. The van der Waals surface area contributed by atoms with E-state index in [1.54, 1.807) is 0 Å². The summed E-state index contributed by atoms with van der Waals surface area (Å²) in [5, 5.41) is 8.81. The SMILES string of the molecule is Cc1cc(C)c(CN2CCN(CC(=O)O)CC2)c(C)c1. The van der Waals surface area contributed by atoms with E-state index in [0.717, 1.165) is 32.7 Å². The molecule has 20 heavy (non-hydrogen) atoms. The first-order valence-corrected chi connectivity index (χ1v) is 7.19. The summed E-state index contributed by atoms with van der Waals surface area (Å²) in [4.78, 5) is 15.1. The van der Waals surface area contributed by atoms with Gasteiger partial charge in [0.1, 0.15) is 0 Å². The van der Waals surface area contributed by atoms with Gasteiger partial charge in [0.15, 0.2) is 0 Å². The number of aryl methyl sites for hydroxylation is 3. The zero-order valence-corrected chi connectivity index (χ0v) is 12.6. The monoisotopic (exact) mass is 276 g/mol. The van der Waals surface area contributed by atoms with Crippen molar-refractivity contribution in [2.24, 2.45) is 0 Å². The molecule has 0 unspecified atom stereocenters. The number of piperazine rings is 1. The summed E-state index contributed by atoms with van der Waals surface area (Å²) in [6.45, 7) is 11.2. The number of carboxylic acid groups (broad SMARTS) is 1. The minimum Gasteiger partial charge on any atom is -0.480 e. The molecule has 0 saturated carbocycles. The Labute approximate surface area is 121 Å². The average Bonchev–Trinajstić information content (AvgIpc) is 2.35. The average molecular weight is 276 g/mol. The van der Waals surface area contributed by atoms with E-state index in [0.29, 0.717) is 0 Å². The van der Waals surface area contributed by atoms with Crippen molar-refractivity contribution in [1.82, 2.24) is 9.80 Å². The van der Waals surface area contributed by atoms with E-state index in [1.807, 2.05) is 4.90 Å². The topological polar surface area (TPSA) is 43.8 Å². The van der Waals surface area contributed by atoms with Crippen molar-refractivity contribution in [2.75, 3.05) is 32.7 Å². The zero-order valence-electron chi connectivity index (χ0n) is 12.6. The van der Waals surface area contributed by atoms with Crippen LogP contribution in [-0.4, -0.2) is 53.6 Å². The molecule has 1 aliphatic rings. The minimum absolute atomic E-state index is 0.163. The van der Waals surface area contributed by atoms with Gasteiger partial charge in [-0.3, -0.25) is 14.6 Å². The lowest BCUT2D eigenvalue weighted by Gasteiger charge is -2.34. The van der Waals surface area contributed by atoms with E-state index in [9.17, 15) is 4.79 Å². The molecule has 0 radical (unpaired) electrons. The van der Waals surface area contributed by atoms with Crippen LogP contribution in [0.5, 0.6) is 0 Å². The van der Waals surface area contributed by atoms with Crippen LogP contribution in [0, 0.1) is 20.8 Å². The smallest absolute Gasteiger partial charge is 0.317 e. The number of rotatable bonds is 4. The Kier molecular flexibility index (Phi) is 4.78. The zero-order chi connectivity index (χ0) is 14.7. The molecule has 1 N–H and O–H groups in total.